The third-order valence-electron chi connectivity index (χ3n) is 5.16. The van der Waals surface area contributed by atoms with Crippen molar-refractivity contribution in [3.05, 3.63) is 85.1 Å². The van der Waals surface area contributed by atoms with Gasteiger partial charge in [-0.15, -0.1) is 10.2 Å². The van der Waals surface area contributed by atoms with E-state index >= 15 is 0 Å². The fraction of sp³-hybridized carbons (Fsp3) is 0.120. The van der Waals surface area contributed by atoms with Gasteiger partial charge >= 0.3 is 0 Å². The molecular weight excluding hydrogens is 436 g/mol. The quantitative estimate of drug-likeness (QED) is 0.331. The van der Waals surface area contributed by atoms with Gasteiger partial charge in [0.25, 0.3) is 0 Å². The molecule has 1 atom stereocenters. The molecule has 1 aliphatic rings. The van der Waals surface area contributed by atoms with Gasteiger partial charge in [-0.2, -0.15) is 0 Å². The predicted octanol–water partition coefficient (Wildman–Crippen LogP) is 6.24. The van der Waals surface area contributed by atoms with Crippen LogP contribution in [0.5, 0.6) is 0 Å². The SMILES string of the molecule is CCC(Sc1ncc(-c2ccccc2)nn1)C(=O)N1c2ccccc2Sc2ccccc21. The Kier molecular flexibility index (Phi) is 5.92. The van der Waals surface area contributed by atoms with Crippen molar-refractivity contribution in [2.45, 2.75) is 33.5 Å². The number of carbonyl (C=O) groups is 1. The highest BCUT2D eigenvalue weighted by molar-refractivity contribution is 8.00. The number of benzene rings is 3. The number of carbonyl (C=O) groups excluding carboxylic acids is 1. The Hall–Kier alpha value is -3.16. The first-order chi connectivity index (χ1) is 15.7. The molecule has 0 fully saturated rings. The Morgan fingerprint density at radius 3 is 2.12 bits per heavy atom. The standard InChI is InChI=1S/C25H20N4OS2/c1-2-21(32-25-26-16-18(27-28-25)17-10-4-3-5-11-17)24(30)29-19-12-6-8-14-22(19)31-23-15-9-7-13-20(23)29/h3-16,21H,2H2,1H3. The maximum Gasteiger partial charge on any atom is 0.245 e. The molecule has 32 heavy (non-hydrogen) atoms. The summed E-state index contributed by atoms with van der Waals surface area (Å²) in [4.78, 5) is 22.2. The number of anilines is 2. The highest BCUT2D eigenvalue weighted by atomic mass is 32.2. The minimum atomic E-state index is -0.330. The molecule has 0 radical (unpaired) electrons. The first kappa shape index (κ1) is 20.7. The van der Waals surface area contributed by atoms with E-state index in [1.165, 1.54) is 11.8 Å². The van der Waals surface area contributed by atoms with Crippen LogP contribution in [0, 0.1) is 0 Å². The molecule has 0 spiro atoms. The molecule has 7 heteroatoms. The Balaban J connectivity index is 1.42. The van der Waals surface area contributed by atoms with Crippen molar-refractivity contribution >= 4 is 40.8 Å². The van der Waals surface area contributed by atoms with Crippen LogP contribution in [0.2, 0.25) is 0 Å². The normalized spacial score (nSPS) is 13.2. The lowest BCUT2D eigenvalue weighted by molar-refractivity contribution is -0.117. The zero-order chi connectivity index (χ0) is 21.9. The van der Waals surface area contributed by atoms with E-state index in [4.69, 9.17) is 0 Å². The van der Waals surface area contributed by atoms with Crippen LogP contribution < -0.4 is 4.90 Å². The summed E-state index contributed by atoms with van der Waals surface area (Å²) in [6.07, 6.45) is 2.37. The molecule has 1 amide bonds. The highest BCUT2D eigenvalue weighted by Gasteiger charge is 2.32. The van der Waals surface area contributed by atoms with E-state index in [9.17, 15) is 4.79 Å². The first-order valence-corrected chi connectivity index (χ1v) is 12.1. The van der Waals surface area contributed by atoms with Crippen molar-refractivity contribution in [2.24, 2.45) is 0 Å². The van der Waals surface area contributed by atoms with E-state index in [2.05, 4.69) is 27.3 Å². The third-order valence-corrected chi connectivity index (χ3v) is 7.50. The third kappa shape index (κ3) is 4.01. The highest BCUT2D eigenvalue weighted by Crippen LogP contribution is 2.48. The van der Waals surface area contributed by atoms with Crippen molar-refractivity contribution < 1.29 is 4.79 Å². The van der Waals surface area contributed by atoms with Gasteiger partial charge in [-0.05, 0) is 30.7 Å². The van der Waals surface area contributed by atoms with Gasteiger partial charge in [-0.1, -0.05) is 85.0 Å². The minimum absolute atomic E-state index is 0.0217. The molecule has 0 saturated heterocycles. The number of hydrogen-bond acceptors (Lipinski definition) is 6. The van der Waals surface area contributed by atoms with E-state index in [1.807, 2.05) is 78.6 Å². The molecule has 4 aromatic rings. The molecule has 0 saturated carbocycles. The Labute approximate surface area is 195 Å². The molecule has 1 aliphatic heterocycles. The average Bonchev–Trinajstić information content (AvgIpc) is 2.86. The van der Waals surface area contributed by atoms with Crippen molar-refractivity contribution in [1.82, 2.24) is 15.2 Å². The molecule has 5 rings (SSSR count). The maximum atomic E-state index is 13.8. The summed E-state index contributed by atoms with van der Waals surface area (Å²) in [7, 11) is 0. The second-order valence-electron chi connectivity index (χ2n) is 7.22. The first-order valence-electron chi connectivity index (χ1n) is 10.4. The van der Waals surface area contributed by atoms with E-state index in [1.54, 1.807) is 18.0 Å². The van der Waals surface area contributed by atoms with E-state index in [0.29, 0.717) is 17.3 Å². The fourth-order valence-corrected chi connectivity index (χ4v) is 5.47. The Morgan fingerprint density at radius 1 is 0.906 bits per heavy atom. The Morgan fingerprint density at radius 2 is 1.53 bits per heavy atom. The van der Waals surface area contributed by atoms with Crippen LogP contribution in [0.25, 0.3) is 11.3 Å². The van der Waals surface area contributed by atoms with Gasteiger partial charge in [0, 0.05) is 15.4 Å². The number of rotatable bonds is 5. The average molecular weight is 457 g/mol. The van der Waals surface area contributed by atoms with Crippen molar-refractivity contribution in [1.29, 1.82) is 0 Å². The number of para-hydroxylation sites is 2. The smallest absolute Gasteiger partial charge is 0.245 e. The summed E-state index contributed by atoms with van der Waals surface area (Å²) in [5, 5.41) is 8.77. The van der Waals surface area contributed by atoms with Gasteiger partial charge in [0.05, 0.1) is 22.8 Å². The van der Waals surface area contributed by atoms with E-state index < -0.39 is 0 Å². The molecule has 3 aromatic carbocycles. The molecule has 158 valence electrons. The summed E-state index contributed by atoms with van der Waals surface area (Å²) >= 11 is 3.05. The summed E-state index contributed by atoms with van der Waals surface area (Å²) in [6, 6.07) is 25.9. The van der Waals surface area contributed by atoms with Gasteiger partial charge in [-0.3, -0.25) is 9.69 Å². The topological polar surface area (TPSA) is 59.0 Å². The lowest BCUT2D eigenvalue weighted by Gasteiger charge is -2.33. The summed E-state index contributed by atoms with van der Waals surface area (Å²) < 4.78 is 0. The monoisotopic (exact) mass is 456 g/mol. The van der Waals surface area contributed by atoms with Crippen molar-refractivity contribution in [3.63, 3.8) is 0 Å². The van der Waals surface area contributed by atoms with Crippen LogP contribution >= 0.6 is 23.5 Å². The lowest BCUT2D eigenvalue weighted by Crippen LogP contribution is -2.35. The minimum Gasteiger partial charge on any atom is -0.278 e. The number of fused-ring (bicyclic) bond motifs is 2. The van der Waals surface area contributed by atoms with Crippen LogP contribution in [0.15, 0.2) is 100 Å². The number of aromatic nitrogens is 3. The summed E-state index contributed by atoms with van der Waals surface area (Å²) in [5.74, 6) is 0.0217. The predicted molar refractivity (Wildman–Crippen MR) is 129 cm³/mol. The largest absolute Gasteiger partial charge is 0.278 e. The molecule has 2 heterocycles. The van der Waals surface area contributed by atoms with Gasteiger partial charge in [0.1, 0.15) is 5.69 Å². The van der Waals surface area contributed by atoms with Crippen LogP contribution in [0.4, 0.5) is 11.4 Å². The van der Waals surface area contributed by atoms with Gasteiger partial charge in [0.2, 0.25) is 11.1 Å². The van der Waals surface area contributed by atoms with Crippen molar-refractivity contribution in [3.8, 4) is 11.3 Å². The van der Waals surface area contributed by atoms with E-state index in [-0.39, 0.29) is 11.2 Å². The van der Waals surface area contributed by atoms with Gasteiger partial charge in [0.15, 0.2) is 0 Å². The number of nitrogens with zero attached hydrogens (tertiary/aromatic N) is 4. The summed E-state index contributed by atoms with van der Waals surface area (Å²) in [6.45, 7) is 2.01. The summed E-state index contributed by atoms with van der Waals surface area (Å²) in [5.41, 5.74) is 3.51. The fourth-order valence-electron chi connectivity index (χ4n) is 3.58. The van der Waals surface area contributed by atoms with Gasteiger partial charge in [-0.25, -0.2) is 4.98 Å². The van der Waals surface area contributed by atoms with Crippen LogP contribution in [-0.4, -0.2) is 26.3 Å². The molecule has 0 aliphatic carbocycles. The second-order valence-corrected chi connectivity index (χ2v) is 9.47. The zero-order valence-corrected chi connectivity index (χ0v) is 19.0. The number of thioether (sulfide) groups is 1. The van der Waals surface area contributed by atoms with Crippen LogP contribution in [0.1, 0.15) is 13.3 Å². The van der Waals surface area contributed by atoms with Crippen LogP contribution in [0.3, 0.4) is 0 Å². The molecule has 1 aromatic heterocycles. The molecule has 0 bridgehead atoms. The molecule has 0 N–H and O–H groups in total. The number of hydrogen-bond donors (Lipinski definition) is 0. The second kappa shape index (κ2) is 9.14. The molecular formula is C25H20N4OS2. The molecule has 5 nitrogen and oxygen atoms in total. The Bertz CT molecular complexity index is 1200. The maximum absolute atomic E-state index is 13.8. The van der Waals surface area contributed by atoms with Gasteiger partial charge < -0.3 is 0 Å². The molecule has 1 unspecified atom stereocenters. The number of amides is 1. The zero-order valence-electron chi connectivity index (χ0n) is 17.4. The van der Waals surface area contributed by atoms with Crippen LogP contribution in [-0.2, 0) is 4.79 Å². The van der Waals surface area contributed by atoms with E-state index in [0.717, 1.165) is 26.7 Å². The lowest BCUT2D eigenvalue weighted by atomic mass is 10.2. The van der Waals surface area contributed by atoms with Crippen molar-refractivity contribution in [2.75, 3.05) is 4.90 Å².